The van der Waals surface area contributed by atoms with Crippen LogP contribution >= 0.6 is 0 Å². The van der Waals surface area contributed by atoms with E-state index in [1.807, 2.05) is 26.8 Å². The molecular weight excluding hydrogens is 444 g/mol. The van der Waals surface area contributed by atoms with Crippen molar-refractivity contribution in [3.05, 3.63) is 71.4 Å². The highest BCUT2D eigenvalue weighted by Crippen LogP contribution is 2.30. The van der Waals surface area contributed by atoms with Gasteiger partial charge in [0.1, 0.15) is 23.2 Å². The lowest BCUT2D eigenvalue weighted by Gasteiger charge is -2.28. The summed E-state index contributed by atoms with van der Waals surface area (Å²) >= 11 is 0. The molecule has 6 heteroatoms. The molecule has 0 fully saturated rings. The highest BCUT2D eigenvalue weighted by Gasteiger charge is 2.24. The number of aliphatic hydroxyl groups is 1. The number of hydrogen-bond acceptors (Lipinski definition) is 6. The van der Waals surface area contributed by atoms with Crippen molar-refractivity contribution in [2.45, 2.75) is 78.4 Å². The van der Waals surface area contributed by atoms with Gasteiger partial charge in [-0.3, -0.25) is 9.59 Å². The fraction of sp³-hybridized carbons (Fsp3) is 0.448. The summed E-state index contributed by atoms with van der Waals surface area (Å²) in [5, 5.41) is 19.9. The number of esters is 1. The molecule has 1 aromatic rings. The van der Waals surface area contributed by atoms with Gasteiger partial charge in [-0.05, 0) is 96.2 Å². The van der Waals surface area contributed by atoms with E-state index in [0.717, 1.165) is 24.8 Å². The smallest absolute Gasteiger partial charge is 0.310 e. The number of benzene rings is 1. The summed E-state index contributed by atoms with van der Waals surface area (Å²) in [7, 11) is 1.32. The average molecular weight is 485 g/mol. The minimum Gasteiger partial charge on any atom is -0.508 e. The number of hydrogen-bond donors (Lipinski definition) is 2. The number of rotatable bonds is 14. The van der Waals surface area contributed by atoms with Crippen LogP contribution in [0.1, 0.15) is 65.9 Å². The Hall–Kier alpha value is -3.12. The third-order valence-electron chi connectivity index (χ3n) is 5.65. The van der Waals surface area contributed by atoms with Gasteiger partial charge in [0.15, 0.2) is 5.78 Å². The molecule has 1 rings (SSSR count). The summed E-state index contributed by atoms with van der Waals surface area (Å²) in [6.45, 7) is 13.3. The number of methoxy groups -OCH3 is 1. The van der Waals surface area contributed by atoms with Crippen molar-refractivity contribution >= 4 is 11.8 Å². The monoisotopic (exact) mass is 484 g/mol. The highest BCUT2D eigenvalue weighted by molar-refractivity contribution is 5.95. The maximum Gasteiger partial charge on any atom is 0.310 e. The molecule has 0 amide bonds. The van der Waals surface area contributed by atoms with E-state index in [-0.39, 0.29) is 18.0 Å². The third kappa shape index (κ3) is 10.8. The number of ketones is 1. The molecule has 192 valence electrons. The van der Waals surface area contributed by atoms with Crippen LogP contribution in [0.15, 0.2) is 65.8 Å². The molecule has 0 heterocycles. The van der Waals surface area contributed by atoms with Crippen LogP contribution in [0.3, 0.4) is 0 Å². The van der Waals surface area contributed by atoms with Gasteiger partial charge in [0.2, 0.25) is 0 Å². The topological polar surface area (TPSA) is 93.1 Å². The van der Waals surface area contributed by atoms with Crippen molar-refractivity contribution in [2.75, 3.05) is 7.11 Å². The van der Waals surface area contributed by atoms with Crippen molar-refractivity contribution in [3.63, 3.8) is 0 Å². The lowest BCUT2D eigenvalue weighted by Crippen LogP contribution is -2.30. The summed E-state index contributed by atoms with van der Waals surface area (Å²) in [6.07, 6.45) is 9.11. The molecule has 0 aliphatic carbocycles. The summed E-state index contributed by atoms with van der Waals surface area (Å²) in [6, 6.07) is 4.66. The number of aliphatic hydroxyl groups excluding tert-OH is 1. The standard InChI is InChI=1S/C29H40O6/c1-8-29(6,35-26-15-14-24(30)18-23(26)19-27(32)34-7)16-10-12-21(4)11-9-13-22(5)28(33)25(31)17-20(2)3/h8,12-15,17-18,28,30,33H,1,9-11,16,19H2,2-7H3. The lowest BCUT2D eigenvalue weighted by molar-refractivity contribution is -0.139. The van der Waals surface area contributed by atoms with Crippen LogP contribution in [-0.2, 0) is 20.7 Å². The summed E-state index contributed by atoms with van der Waals surface area (Å²) in [5.41, 5.74) is 2.58. The van der Waals surface area contributed by atoms with E-state index in [1.165, 1.54) is 30.9 Å². The van der Waals surface area contributed by atoms with Crippen LogP contribution in [0.4, 0.5) is 0 Å². The van der Waals surface area contributed by atoms with E-state index in [1.54, 1.807) is 19.1 Å². The van der Waals surface area contributed by atoms with E-state index >= 15 is 0 Å². The number of aromatic hydroxyl groups is 1. The average Bonchev–Trinajstić information content (AvgIpc) is 2.79. The molecule has 0 radical (unpaired) electrons. The SMILES string of the molecule is C=CC(C)(CCC=C(C)CCC=C(C)C(O)C(=O)C=C(C)C)Oc1ccc(O)cc1CC(=O)OC. The van der Waals surface area contributed by atoms with E-state index in [4.69, 9.17) is 9.47 Å². The Labute approximate surface area is 209 Å². The third-order valence-corrected chi connectivity index (χ3v) is 5.65. The largest absolute Gasteiger partial charge is 0.508 e. The zero-order valence-electron chi connectivity index (χ0n) is 21.9. The molecule has 0 aliphatic rings. The maximum absolute atomic E-state index is 12.0. The van der Waals surface area contributed by atoms with Gasteiger partial charge in [-0.1, -0.05) is 29.9 Å². The van der Waals surface area contributed by atoms with Crippen LogP contribution in [0.25, 0.3) is 0 Å². The Balaban J connectivity index is 2.73. The van der Waals surface area contributed by atoms with Crippen molar-refractivity contribution in [1.82, 2.24) is 0 Å². The fourth-order valence-electron chi connectivity index (χ4n) is 3.41. The number of ether oxygens (including phenoxy) is 2. The van der Waals surface area contributed by atoms with Gasteiger partial charge in [0, 0.05) is 5.56 Å². The molecule has 2 unspecified atom stereocenters. The van der Waals surface area contributed by atoms with Crippen LogP contribution in [0.2, 0.25) is 0 Å². The first kappa shape index (κ1) is 29.9. The van der Waals surface area contributed by atoms with Gasteiger partial charge in [-0.2, -0.15) is 0 Å². The van der Waals surface area contributed by atoms with Gasteiger partial charge < -0.3 is 19.7 Å². The Morgan fingerprint density at radius 2 is 1.83 bits per heavy atom. The predicted octanol–water partition coefficient (Wildman–Crippen LogP) is 5.78. The Morgan fingerprint density at radius 3 is 2.43 bits per heavy atom. The van der Waals surface area contributed by atoms with E-state index in [0.29, 0.717) is 23.3 Å². The first-order valence-corrected chi connectivity index (χ1v) is 11.8. The van der Waals surface area contributed by atoms with Gasteiger partial charge in [-0.15, -0.1) is 0 Å². The van der Waals surface area contributed by atoms with Crippen molar-refractivity contribution in [3.8, 4) is 11.5 Å². The van der Waals surface area contributed by atoms with Gasteiger partial charge >= 0.3 is 5.97 Å². The van der Waals surface area contributed by atoms with E-state index in [2.05, 4.69) is 19.6 Å². The number of phenolic OH excluding ortho intramolecular Hbond substituents is 1. The lowest BCUT2D eigenvalue weighted by atomic mass is 9.97. The molecule has 0 saturated carbocycles. The molecule has 35 heavy (non-hydrogen) atoms. The van der Waals surface area contributed by atoms with Crippen molar-refractivity contribution < 1.29 is 29.3 Å². The zero-order chi connectivity index (χ0) is 26.6. The summed E-state index contributed by atoms with van der Waals surface area (Å²) < 4.78 is 11.0. The molecule has 0 spiro atoms. The highest BCUT2D eigenvalue weighted by atomic mass is 16.5. The molecule has 0 aliphatic heterocycles. The number of carbonyl (C=O) groups excluding carboxylic acids is 2. The zero-order valence-corrected chi connectivity index (χ0v) is 21.9. The molecule has 2 atom stereocenters. The quantitative estimate of drug-likeness (QED) is 0.197. The normalized spacial score (nSPS) is 14.5. The van der Waals surface area contributed by atoms with E-state index in [9.17, 15) is 19.8 Å². The molecule has 0 bridgehead atoms. The Kier molecular flexibility index (Phi) is 12.2. The van der Waals surface area contributed by atoms with Crippen LogP contribution in [-0.4, -0.2) is 40.8 Å². The van der Waals surface area contributed by atoms with Crippen LogP contribution in [0, 0.1) is 0 Å². The molecular formula is C29H40O6. The summed E-state index contributed by atoms with van der Waals surface area (Å²) in [5.74, 6) is -0.165. The Morgan fingerprint density at radius 1 is 1.14 bits per heavy atom. The second kappa shape index (κ2) is 14.3. The van der Waals surface area contributed by atoms with Crippen molar-refractivity contribution in [2.24, 2.45) is 0 Å². The molecule has 0 aromatic heterocycles. The minimum atomic E-state index is -1.09. The molecule has 2 N–H and O–H groups in total. The Bertz CT molecular complexity index is 981. The number of carbonyl (C=O) groups is 2. The fourth-order valence-corrected chi connectivity index (χ4v) is 3.41. The first-order chi connectivity index (χ1) is 16.4. The van der Waals surface area contributed by atoms with E-state index < -0.39 is 17.7 Å². The molecule has 1 aromatic carbocycles. The van der Waals surface area contributed by atoms with Crippen LogP contribution < -0.4 is 4.74 Å². The minimum absolute atomic E-state index is 0.00592. The number of allylic oxidation sites excluding steroid dienone is 4. The summed E-state index contributed by atoms with van der Waals surface area (Å²) in [4.78, 5) is 23.7. The first-order valence-electron chi connectivity index (χ1n) is 11.8. The second-order valence-corrected chi connectivity index (χ2v) is 9.27. The van der Waals surface area contributed by atoms with Gasteiger partial charge in [-0.25, -0.2) is 0 Å². The van der Waals surface area contributed by atoms with Gasteiger partial charge in [0.25, 0.3) is 0 Å². The van der Waals surface area contributed by atoms with Gasteiger partial charge in [0.05, 0.1) is 13.5 Å². The molecule has 6 nitrogen and oxygen atoms in total. The number of phenols is 1. The second-order valence-electron chi connectivity index (χ2n) is 9.27. The molecule has 0 saturated heterocycles. The van der Waals surface area contributed by atoms with Crippen LogP contribution in [0.5, 0.6) is 11.5 Å². The predicted molar refractivity (Wildman–Crippen MR) is 139 cm³/mol. The van der Waals surface area contributed by atoms with Crippen molar-refractivity contribution in [1.29, 1.82) is 0 Å². The maximum atomic E-state index is 12.0.